The zero-order valence-electron chi connectivity index (χ0n) is 19.5. The van der Waals surface area contributed by atoms with E-state index < -0.39 is 23.6 Å². The maximum Gasteiger partial charge on any atom is 0.458 e. The van der Waals surface area contributed by atoms with Crippen LogP contribution in [0.1, 0.15) is 32.6 Å². The molecule has 0 atom stereocenters. The van der Waals surface area contributed by atoms with Gasteiger partial charge in [0.05, 0.1) is 7.11 Å². The van der Waals surface area contributed by atoms with Gasteiger partial charge in [-0.2, -0.15) is 22.0 Å². The van der Waals surface area contributed by atoms with E-state index in [9.17, 15) is 26.7 Å². The second kappa shape index (κ2) is 10.7. The van der Waals surface area contributed by atoms with Gasteiger partial charge in [-0.15, -0.1) is 0 Å². The number of hydrogen-bond donors (Lipinski definition) is 1. The Kier molecular flexibility index (Phi) is 8.13. The van der Waals surface area contributed by atoms with Crippen LogP contribution in [0.3, 0.4) is 0 Å². The van der Waals surface area contributed by atoms with Crippen molar-refractivity contribution in [3.63, 3.8) is 0 Å². The molecule has 0 bridgehead atoms. The molecule has 0 aromatic heterocycles. The lowest BCUT2D eigenvalue weighted by Crippen LogP contribution is -2.34. The van der Waals surface area contributed by atoms with Crippen LogP contribution in [0.4, 0.5) is 27.6 Å². The summed E-state index contributed by atoms with van der Waals surface area (Å²) in [5, 5.41) is 0.271. The fourth-order valence-electron chi connectivity index (χ4n) is 3.64. The number of alkyl halides is 5. The second-order valence-electron chi connectivity index (χ2n) is 8.26. The number of amides is 1. The smallest absolute Gasteiger partial charge is 0.458 e. The van der Waals surface area contributed by atoms with Crippen LogP contribution in [0.5, 0.6) is 5.75 Å². The SMILES string of the molecule is COc1cccc(CCN(Cc2ccc(C(F)(F)C(F)(F)F)cc2)C(=O)c2cc(Cl)cc(N)c2C)c1. The largest absolute Gasteiger partial charge is 0.497 e. The first kappa shape index (κ1) is 27.3. The minimum atomic E-state index is -5.71. The molecule has 0 spiro atoms. The molecule has 0 aliphatic carbocycles. The van der Waals surface area contributed by atoms with E-state index in [-0.39, 0.29) is 23.7 Å². The van der Waals surface area contributed by atoms with E-state index >= 15 is 0 Å². The number of halogens is 6. The highest BCUT2D eigenvalue weighted by Gasteiger charge is 2.58. The van der Waals surface area contributed by atoms with Gasteiger partial charge in [-0.05, 0) is 54.3 Å². The number of hydrogen-bond acceptors (Lipinski definition) is 3. The van der Waals surface area contributed by atoms with E-state index in [1.165, 1.54) is 24.1 Å². The van der Waals surface area contributed by atoms with Crippen LogP contribution in [-0.4, -0.2) is 30.6 Å². The van der Waals surface area contributed by atoms with Crippen molar-refractivity contribution in [1.82, 2.24) is 4.90 Å². The molecule has 0 radical (unpaired) electrons. The minimum absolute atomic E-state index is 0.0352. The molecule has 0 aliphatic rings. The molecule has 4 nitrogen and oxygen atoms in total. The van der Waals surface area contributed by atoms with E-state index in [2.05, 4.69) is 0 Å². The van der Waals surface area contributed by atoms with Gasteiger partial charge >= 0.3 is 12.1 Å². The topological polar surface area (TPSA) is 55.6 Å². The van der Waals surface area contributed by atoms with Gasteiger partial charge in [-0.3, -0.25) is 4.79 Å². The summed E-state index contributed by atoms with van der Waals surface area (Å²) in [4.78, 5) is 15.0. The number of rotatable bonds is 8. The number of nitrogens with zero attached hydrogens (tertiary/aromatic N) is 1. The van der Waals surface area contributed by atoms with Crippen LogP contribution < -0.4 is 10.5 Å². The van der Waals surface area contributed by atoms with E-state index in [1.807, 2.05) is 18.2 Å². The Morgan fingerprint density at radius 2 is 1.67 bits per heavy atom. The van der Waals surface area contributed by atoms with Crippen molar-refractivity contribution in [3.05, 3.63) is 93.5 Å². The molecule has 0 saturated heterocycles. The summed E-state index contributed by atoms with van der Waals surface area (Å²) in [7, 11) is 1.53. The first-order valence-corrected chi connectivity index (χ1v) is 11.2. The van der Waals surface area contributed by atoms with Crippen molar-refractivity contribution in [2.45, 2.75) is 32.0 Å². The fourth-order valence-corrected chi connectivity index (χ4v) is 3.87. The Bertz CT molecular complexity index is 1230. The third-order valence-electron chi connectivity index (χ3n) is 5.78. The molecule has 1 amide bonds. The maximum absolute atomic E-state index is 13.7. The van der Waals surface area contributed by atoms with Crippen LogP contribution >= 0.6 is 11.6 Å². The molecule has 3 rings (SSSR count). The Morgan fingerprint density at radius 3 is 2.28 bits per heavy atom. The van der Waals surface area contributed by atoms with E-state index in [1.54, 1.807) is 13.0 Å². The van der Waals surface area contributed by atoms with Crippen LogP contribution in [0.25, 0.3) is 0 Å². The summed E-state index contributed by atoms with van der Waals surface area (Å²) >= 11 is 6.11. The lowest BCUT2D eigenvalue weighted by Gasteiger charge is -2.25. The molecule has 0 fully saturated rings. The number of anilines is 1. The van der Waals surface area contributed by atoms with Crippen LogP contribution in [0, 0.1) is 6.92 Å². The lowest BCUT2D eigenvalue weighted by molar-refractivity contribution is -0.289. The summed E-state index contributed by atoms with van der Waals surface area (Å²) in [6.45, 7) is 1.86. The molecule has 3 aromatic carbocycles. The lowest BCUT2D eigenvalue weighted by atomic mass is 10.0. The second-order valence-corrected chi connectivity index (χ2v) is 8.70. The summed E-state index contributed by atoms with van der Waals surface area (Å²) < 4.78 is 70.7. The first-order valence-electron chi connectivity index (χ1n) is 10.8. The molecule has 192 valence electrons. The highest BCUT2D eigenvalue weighted by Crippen LogP contribution is 2.43. The summed E-state index contributed by atoms with van der Waals surface area (Å²) in [6, 6.07) is 14.0. The fraction of sp³-hybridized carbons (Fsp3) is 0.269. The molecule has 2 N–H and O–H groups in total. The molecule has 0 aliphatic heterocycles. The molecule has 3 aromatic rings. The summed E-state index contributed by atoms with van der Waals surface area (Å²) in [6.07, 6.45) is -5.28. The number of nitrogens with two attached hydrogens (primary N) is 1. The van der Waals surface area contributed by atoms with Gasteiger partial charge in [0.1, 0.15) is 5.75 Å². The zero-order valence-corrected chi connectivity index (χ0v) is 20.3. The van der Waals surface area contributed by atoms with Crippen molar-refractivity contribution in [2.24, 2.45) is 0 Å². The van der Waals surface area contributed by atoms with Crippen molar-refractivity contribution < 1.29 is 31.5 Å². The standard InChI is InChI=1S/C26H24ClF5N2O2/c1-16-22(13-20(27)14-23(16)33)24(35)34(11-10-17-4-3-5-21(12-17)36-2)15-18-6-8-19(9-7-18)25(28,29)26(30,31)32/h3-9,12-14H,10-11,15,33H2,1-2H3. The number of nitrogen functional groups attached to an aromatic ring is 1. The predicted octanol–water partition coefficient (Wildman–Crippen LogP) is 6.78. The number of carbonyl (C=O) groups excluding carboxylic acids is 1. The van der Waals surface area contributed by atoms with Crippen molar-refractivity contribution in [3.8, 4) is 5.75 Å². The maximum atomic E-state index is 13.7. The molecule has 0 saturated carbocycles. The number of ether oxygens (including phenoxy) is 1. The highest BCUT2D eigenvalue weighted by molar-refractivity contribution is 6.31. The Balaban J connectivity index is 1.90. The van der Waals surface area contributed by atoms with Gasteiger partial charge in [-0.25, -0.2) is 0 Å². The minimum Gasteiger partial charge on any atom is -0.497 e. The van der Waals surface area contributed by atoms with E-state index in [4.69, 9.17) is 22.1 Å². The Labute approximate surface area is 210 Å². The number of benzene rings is 3. The predicted molar refractivity (Wildman–Crippen MR) is 128 cm³/mol. The number of methoxy groups -OCH3 is 1. The molecule has 0 unspecified atom stereocenters. The van der Waals surface area contributed by atoms with Crippen LogP contribution in [0.2, 0.25) is 5.02 Å². The van der Waals surface area contributed by atoms with Gasteiger partial charge < -0.3 is 15.4 Å². The van der Waals surface area contributed by atoms with Crippen molar-refractivity contribution >= 4 is 23.2 Å². The van der Waals surface area contributed by atoms with Crippen LogP contribution in [-0.2, 0) is 18.9 Å². The number of carbonyl (C=O) groups is 1. The Morgan fingerprint density at radius 1 is 1.00 bits per heavy atom. The first-order chi connectivity index (χ1) is 16.8. The van der Waals surface area contributed by atoms with Gasteiger partial charge in [0.15, 0.2) is 0 Å². The molecular formula is C26H24ClF5N2O2. The van der Waals surface area contributed by atoms with Crippen molar-refractivity contribution in [1.29, 1.82) is 0 Å². The van der Waals surface area contributed by atoms with Gasteiger partial charge in [0.2, 0.25) is 0 Å². The third-order valence-corrected chi connectivity index (χ3v) is 6.00. The van der Waals surface area contributed by atoms with E-state index in [0.717, 1.165) is 29.8 Å². The Hall–Kier alpha value is -3.33. The van der Waals surface area contributed by atoms with Crippen molar-refractivity contribution in [2.75, 3.05) is 19.4 Å². The zero-order chi connectivity index (χ0) is 26.7. The average molecular weight is 527 g/mol. The third kappa shape index (κ3) is 6.07. The van der Waals surface area contributed by atoms with Gasteiger partial charge in [-0.1, -0.05) is 48.0 Å². The normalized spacial score (nSPS) is 11.9. The quantitative estimate of drug-likeness (QED) is 0.260. The highest BCUT2D eigenvalue weighted by atomic mass is 35.5. The summed E-state index contributed by atoms with van der Waals surface area (Å²) in [5.41, 5.74) is 7.18. The molecule has 10 heteroatoms. The monoisotopic (exact) mass is 526 g/mol. The summed E-state index contributed by atoms with van der Waals surface area (Å²) in [5.74, 6) is -4.75. The molecule has 36 heavy (non-hydrogen) atoms. The van der Waals surface area contributed by atoms with E-state index in [0.29, 0.717) is 29.0 Å². The molecular weight excluding hydrogens is 503 g/mol. The average Bonchev–Trinajstić information content (AvgIpc) is 2.83. The van der Waals surface area contributed by atoms with Gasteiger partial charge in [0.25, 0.3) is 5.91 Å². The van der Waals surface area contributed by atoms with Crippen LogP contribution in [0.15, 0.2) is 60.7 Å². The molecule has 0 heterocycles. The van der Waals surface area contributed by atoms with Gasteiger partial charge in [0, 0.05) is 34.9 Å².